The van der Waals surface area contributed by atoms with Crippen molar-refractivity contribution >= 4 is 39.5 Å². The van der Waals surface area contributed by atoms with Crippen LogP contribution in [-0.4, -0.2) is 113 Å². The molecule has 0 bridgehead atoms. The number of rotatable bonds is 8. The predicted molar refractivity (Wildman–Crippen MR) is 195 cm³/mol. The second-order valence-corrected chi connectivity index (χ2v) is 16.3. The van der Waals surface area contributed by atoms with Gasteiger partial charge in [-0.25, -0.2) is 9.37 Å². The molecule has 1 amide bonds. The lowest BCUT2D eigenvalue weighted by Gasteiger charge is -2.54. The number of aromatic nitrogens is 4. The third kappa shape index (κ3) is 6.16. The van der Waals surface area contributed by atoms with E-state index in [-0.39, 0.29) is 29.0 Å². The van der Waals surface area contributed by atoms with Gasteiger partial charge in [-0.1, -0.05) is 12.6 Å². The summed E-state index contributed by atoms with van der Waals surface area (Å²) in [5.74, 6) is 1.32. The van der Waals surface area contributed by atoms with Crippen LogP contribution in [0.1, 0.15) is 56.1 Å². The highest BCUT2D eigenvalue weighted by atomic mass is 19.4. The minimum absolute atomic E-state index is 0.0281. The maximum absolute atomic E-state index is 14.8. The van der Waals surface area contributed by atoms with Crippen LogP contribution in [0.15, 0.2) is 37.1 Å². The Morgan fingerprint density at radius 3 is 2.45 bits per heavy atom. The molecule has 10 nitrogen and oxygen atoms in total. The van der Waals surface area contributed by atoms with E-state index in [4.69, 9.17) is 14.7 Å². The molecule has 14 heteroatoms. The fourth-order valence-corrected chi connectivity index (χ4v) is 9.02. The number of hydrogen-bond acceptors (Lipinski definition) is 8. The van der Waals surface area contributed by atoms with Gasteiger partial charge in [0.1, 0.15) is 17.0 Å². The Bertz CT molecular complexity index is 2110. The van der Waals surface area contributed by atoms with Crippen molar-refractivity contribution in [3.05, 3.63) is 48.2 Å². The van der Waals surface area contributed by atoms with Gasteiger partial charge in [-0.05, 0) is 86.8 Å². The summed E-state index contributed by atoms with van der Waals surface area (Å²) in [7, 11) is 0. The number of alkyl halides is 4. The zero-order valence-corrected chi connectivity index (χ0v) is 30.1. The molecular weight excluding hydrogens is 688 g/mol. The molecule has 1 saturated carbocycles. The number of carbonyl (C=O) groups excluding carboxylic acids is 1. The molecule has 1 aliphatic carbocycles. The number of fused-ring (bicyclic) bond motifs is 2. The molecule has 6 heterocycles. The van der Waals surface area contributed by atoms with Gasteiger partial charge in [0.2, 0.25) is 11.9 Å². The second-order valence-electron chi connectivity index (χ2n) is 16.3. The van der Waals surface area contributed by atoms with E-state index < -0.39 is 18.5 Å². The normalized spacial score (nSPS) is 23.5. The van der Waals surface area contributed by atoms with Crippen LogP contribution in [0.4, 0.5) is 29.3 Å². The minimum Gasteiger partial charge on any atom is -0.481 e. The van der Waals surface area contributed by atoms with Crippen LogP contribution >= 0.6 is 0 Å². The van der Waals surface area contributed by atoms with Crippen LogP contribution < -0.4 is 14.5 Å². The van der Waals surface area contributed by atoms with Crippen molar-refractivity contribution in [1.29, 1.82) is 0 Å². The van der Waals surface area contributed by atoms with Gasteiger partial charge in [-0.15, -0.1) is 0 Å². The van der Waals surface area contributed by atoms with Gasteiger partial charge in [0, 0.05) is 80.2 Å². The van der Waals surface area contributed by atoms with Gasteiger partial charge in [-0.3, -0.25) is 14.8 Å². The lowest BCUT2D eigenvalue weighted by atomic mass is 9.72. The third-order valence-corrected chi connectivity index (χ3v) is 12.2. The minimum atomic E-state index is -4.58. The maximum atomic E-state index is 14.8. The first kappa shape index (κ1) is 34.3. The first-order valence-corrected chi connectivity index (χ1v) is 18.7. The number of anilines is 2. The van der Waals surface area contributed by atoms with Crippen LogP contribution in [0, 0.1) is 12.3 Å². The number of ether oxygens (including phenoxy) is 1. The number of amides is 1. The molecule has 280 valence electrons. The highest BCUT2D eigenvalue weighted by molar-refractivity contribution is 6.06. The summed E-state index contributed by atoms with van der Waals surface area (Å²) < 4.78 is 63.0. The first-order valence-electron chi connectivity index (χ1n) is 18.7. The van der Waals surface area contributed by atoms with Gasteiger partial charge in [-0.2, -0.15) is 23.3 Å². The lowest BCUT2D eigenvalue weighted by molar-refractivity contribution is -0.153. The van der Waals surface area contributed by atoms with Crippen molar-refractivity contribution in [3.8, 4) is 16.9 Å². The molecule has 4 aromatic rings. The van der Waals surface area contributed by atoms with Crippen molar-refractivity contribution < 1.29 is 27.1 Å². The number of H-pyrrole nitrogens is 1. The molecule has 53 heavy (non-hydrogen) atoms. The molecule has 5 fully saturated rings. The van der Waals surface area contributed by atoms with Crippen LogP contribution in [-0.2, 0) is 4.79 Å². The molecule has 1 N–H and O–H groups in total. The van der Waals surface area contributed by atoms with Gasteiger partial charge in [0.15, 0.2) is 12.4 Å². The van der Waals surface area contributed by atoms with E-state index in [0.717, 1.165) is 53.3 Å². The molecule has 5 aliphatic rings. The van der Waals surface area contributed by atoms with Gasteiger partial charge >= 0.3 is 6.18 Å². The molecule has 4 aliphatic heterocycles. The zero-order valence-electron chi connectivity index (χ0n) is 30.1. The standard InChI is InChI=1S/C39H44F4N8O2/c1-4-30(52)51-20-38(21-51)10-13-48(14-11-38)35-27-15-26(24-6-7-24)32(31-23(2)5-8-29-28(31)16-44-47-29)34(53-22-39(41,42)43)33(27)45-36(46-35)50-17-25(18-50)49-12-9-37(3,40)19-49/h4-5,8,15-16,24-25H,1,6-7,9-14,17-22H2,2-3H3,(H,44,47). The van der Waals surface area contributed by atoms with Crippen LogP contribution in [0.5, 0.6) is 5.75 Å². The van der Waals surface area contributed by atoms with Crippen LogP contribution in [0.2, 0.25) is 0 Å². The quantitative estimate of drug-likeness (QED) is 0.162. The van der Waals surface area contributed by atoms with E-state index in [1.165, 1.54) is 6.08 Å². The molecule has 9 rings (SSSR count). The Kier molecular flexibility index (Phi) is 7.96. The topological polar surface area (TPSA) is 93.7 Å². The summed E-state index contributed by atoms with van der Waals surface area (Å²) in [4.78, 5) is 30.8. The number of hydrogen-bond donors (Lipinski definition) is 1. The summed E-state index contributed by atoms with van der Waals surface area (Å²) in [6.45, 7) is 10.8. The average Bonchev–Trinajstić information content (AvgIpc) is 3.72. The number of benzene rings is 2. The number of aromatic amines is 1. The van der Waals surface area contributed by atoms with E-state index in [2.05, 4.69) is 32.6 Å². The van der Waals surface area contributed by atoms with E-state index >= 15 is 0 Å². The summed E-state index contributed by atoms with van der Waals surface area (Å²) in [5.41, 5.74) is 3.19. The Balaban J connectivity index is 1.18. The van der Waals surface area contributed by atoms with E-state index in [1.54, 1.807) is 13.1 Å². The highest BCUT2D eigenvalue weighted by Crippen LogP contribution is 2.53. The number of aryl methyl sites for hydroxylation is 1. The van der Waals surface area contributed by atoms with Crippen molar-refractivity contribution in [2.75, 3.05) is 68.8 Å². The number of nitrogens with zero attached hydrogens (tertiary/aromatic N) is 7. The third-order valence-electron chi connectivity index (χ3n) is 12.2. The van der Waals surface area contributed by atoms with E-state index in [0.29, 0.717) is 87.0 Å². The monoisotopic (exact) mass is 732 g/mol. The summed E-state index contributed by atoms with van der Waals surface area (Å²) in [6, 6.07) is 6.12. The number of piperidine rings is 1. The number of likely N-dealkylation sites (tertiary alicyclic amines) is 2. The largest absolute Gasteiger partial charge is 0.481 e. The number of nitrogens with one attached hydrogen (secondary N) is 1. The molecule has 1 atom stereocenters. The fraction of sp³-hybridized carbons (Fsp3) is 0.538. The van der Waals surface area contributed by atoms with Crippen LogP contribution in [0.3, 0.4) is 0 Å². The predicted octanol–water partition coefficient (Wildman–Crippen LogP) is 6.54. The number of carbonyl (C=O) groups is 1. The van der Waals surface area contributed by atoms with Gasteiger partial charge in [0.25, 0.3) is 0 Å². The Morgan fingerprint density at radius 1 is 1.04 bits per heavy atom. The van der Waals surface area contributed by atoms with E-state index in [9.17, 15) is 22.4 Å². The smallest absolute Gasteiger partial charge is 0.422 e. The summed E-state index contributed by atoms with van der Waals surface area (Å²) in [6.07, 6.45) is 2.53. The second kappa shape index (κ2) is 12.3. The maximum Gasteiger partial charge on any atom is 0.422 e. The van der Waals surface area contributed by atoms with Crippen LogP contribution in [0.25, 0.3) is 32.9 Å². The first-order chi connectivity index (χ1) is 25.3. The van der Waals surface area contributed by atoms with Crippen molar-refractivity contribution in [2.45, 2.75) is 69.8 Å². The molecule has 4 saturated heterocycles. The molecule has 0 radical (unpaired) electrons. The van der Waals surface area contributed by atoms with Crippen molar-refractivity contribution in [2.24, 2.45) is 5.41 Å². The number of halogens is 4. The Labute approximate surface area is 305 Å². The zero-order chi connectivity index (χ0) is 36.9. The average molecular weight is 733 g/mol. The molecule has 2 aromatic heterocycles. The van der Waals surface area contributed by atoms with Crippen molar-refractivity contribution in [1.82, 2.24) is 30.0 Å². The summed E-state index contributed by atoms with van der Waals surface area (Å²) >= 11 is 0. The molecule has 1 unspecified atom stereocenters. The highest BCUT2D eigenvalue weighted by Gasteiger charge is 2.47. The lowest BCUT2D eigenvalue weighted by Crippen LogP contribution is -2.61. The van der Waals surface area contributed by atoms with E-state index in [1.807, 2.05) is 28.9 Å². The Morgan fingerprint density at radius 2 is 1.79 bits per heavy atom. The van der Waals surface area contributed by atoms with Gasteiger partial charge < -0.3 is 19.4 Å². The molecule has 1 spiro atoms. The SMILES string of the molecule is C=CC(=O)N1CC2(CCN(c3nc(N4CC(N5CCC(C)(F)C5)C4)nc4c(OCC(F)(F)F)c(-c5c(C)ccc6[nH]ncc56)c(C5CC5)cc34)CC2)C1. The fourth-order valence-electron chi connectivity index (χ4n) is 9.02. The molecule has 2 aromatic carbocycles. The molecular formula is C39H44F4N8O2. The Hall–Kier alpha value is -4.46. The van der Waals surface area contributed by atoms with Crippen molar-refractivity contribution in [3.63, 3.8) is 0 Å². The van der Waals surface area contributed by atoms with Gasteiger partial charge in [0.05, 0.1) is 11.7 Å². The summed E-state index contributed by atoms with van der Waals surface area (Å²) in [5, 5.41) is 8.78.